The highest BCUT2D eigenvalue weighted by molar-refractivity contribution is 7.99. The van der Waals surface area contributed by atoms with E-state index in [2.05, 4.69) is 59.6 Å². The SMILES string of the molecule is CC(Sc1nnc2n(C)c(=O)c3ccccc3n12)c1ccc2ccccc2c1. The van der Waals surface area contributed by atoms with E-state index < -0.39 is 0 Å². The average molecular weight is 386 g/mol. The lowest BCUT2D eigenvalue weighted by Crippen LogP contribution is -2.20. The van der Waals surface area contributed by atoms with Crippen LogP contribution in [0.4, 0.5) is 0 Å². The topological polar surface area (TPSA) is 52.2 Å². The summed E-state index contributed by atoms with van der Waals surface area (Å²) in [5.41, 5.74) is 2.00. The Labute approximate surface area is 165 Å². The first-order valence-corrected chi connectivity index (χ1v) is 9.99. The summed E-state index contributed by atoms with van der Waals surface area (Å²) in [6.07, 6.45) is 0. The number of aryl methyl sites for hydroxylation is 1. The Kier molecular flexibility index (Phi) is 3.94. The molecule has 1 atom stereocenters. The molecule has 0 bridgehead atoms. The smallest absolute Gasteiger partial charge is 0.262 e. The fourth-order valence-corrected chi connectivity index (χ4v) is 4.55. The van der Waals surface area contributed by atoms with Crippen LogP contribution in [0, 0.1) is 0 Å². The van der Waals surface area contributed by atoms with Crippen molar-refractivity contribution in [1.82, 2.24) is 19.2 Å². The molecule has 2 heterocycles. The van der Waals surface area contributed by atoms with Crippen LogP contribution in [0.25, 0.3) is 27.5 Å². The Balaban J connectivity index is 1.62. The van der Waals surface area contributed by atoms with Gasteiger partial charge in [0.25, 0.3) is 5.56 Å². The van der Waals surface area contributed by atoms with Gasteiger partial charge in [0.15, 0.2) is 5.16 Å². The molecule has 138 valence electrons. The largest absolute Gasteiger partial charge is 0.279 e. The molecule has 0 fully saturated rings. The van der Waals surface area contributed by atoms with E-state index in [1.54, 1.807) is 23.4 Å². The summed E-state index contributed by atoms with van der Waals surface area (Å²) in [6, 6.07) is 22.5. The molecule has 0 amide bonds. The van der Waals surface area contributed by atoms with E-state index in [9.17, 15) is 4.79 Å². The summed E-state index contributed by atoms with van der Waals surface area (Å²) in [5.74, 6) is 0.553. The lowest BCUT2D eigenvalue weighted by molar-refractivity contribution is 0.853. The highest BCUT2D eigenvalue weighted by atomic mass is 32.2. The van der Waals surface area contributed by atoms with Gasteiger partial charge in [0.1, 0.15) is 0 Å². The third-order valence-electron chi connectivity index (χ3n) is 5.12. The third kappa shape index (κ3) is 2.60. The second kappa shape index (κ2) is 6.49. The van der Waals surface area contributed by atoms with E-state index in [0.717, 1.165) is 10.7 Å². The number of hydrogen-bond acceptors (Lipinski definition) is 4. The number of benzene rings is 3. The van der Waals surface area contributed by atoms with Crippen molar-refractivity contribution in [2.75, 3.05) is 0 Å². The molecule has 2 aromatic heterocycles. The number of fused-ring (bicyclic) bond motifs is 4. The maximum Gasteiger partial charge on any atom is 0.262 e. The van der Waals surface area contributed by atoms with Gasteiger partial charge in [0.05, 0.1) is 10.9 Å². The number of rotatable bonds is 3. The third-order valence-corrected chi connectivity index (χ3v) is 6.22. The van der Waals surface area contributed by atoms with Crippen LogP contribution in [0.3, 0.4) is 0 Å². The Morgan fingerprint density at radius 1 is 0.929 bits per heavy atom. The molecule has 0 aliphatic heterocycles. The lowest BCUT2D eigenvalue weighted by Gasteiger charge is -2.12. The van der Waals surface area contributed by atoms with Crippen molar-refractivity contribution in [3.05, 3.63) is 82.6 Å². The molecule has 5 rings (SSSR count). The minimum absolute atomic E-state index is 0.0605. The maximum atomic E-state index is 12.6. The van der Waals surface area contributed by atoms with Gasteiger partial charge in [-0.2, -0.15) is 0 Å². The lowest BCUT2D eigenvalue weighted by atomic mass is 10.1. The van der Waals surface area contributed by atoms with E-state index in [0.29, 0.717) is 11.2 Å². The first kappa shape index (κ1) is 17.0. The van der Waals surface area contributed by atoms with Crippen LogP contribution < -0.4 is 5.56 Å². The van der Waals surface area contributed by atoms with Crippen molar-refractivity contribution in [2.24, 2.45) is 7.05 Å². The van der Waals surface area contributed by atoms with Gasteiger partial charge in [0.2, 0.25) is 5.78 Å². The molecule has 5 nitrogen and oxygen atoms in total. The number of nitrogens with zero attached hydrogens (tertiary/aromatic N) is 4. The van der Waals surface area contributed by atoms with Crippen molar-refractivity contribution in [3.8, 4) is 0 Å². The van der Waals surface area contributed by atoms with Crippen LogP contribution >= 0.6 is 11.8 Å². The monoisotopic (exact) mass is 386 g/mol. The molecule has 0 saturated carbocycles. The molecule has 0 aliphatic carbocycles. The molecule has 1 unspecified atom stereocenters. The number of hydrogen-bond donors (Lipinski definition) is 0. The number of aromatic nitrogens is 4. The minimum Gasteiger partial charge on any atom is -0.279 e. The predicted molar refractivity (Wildman–Crippen MR) is 114 cm³/mol. The van der Waals surface area contributed by atoms with Crippen molar-refractivity contribution in [2.45, 2.75) is 17.3 Å². The molecule has 3 aromatic carbocycles. The average Bonchev–Trinajstić information content (AvgIpc) is 3.15. The van der Waals surface area contributed by atoms with E-state index in [-0.39, 0.29) is 10.8 Å². The van der Waals surface area contributed by atoms with Gasteiger partial charge < -0.3 is 0 Å². The molecule has 0 radical (unpaired) electrons. The van der Waals surface area contributed by atoms with Gasteiger partial charge in [-0.3, -0.25) is 13.8 Å². The molecular formula is C22H18N4OS. The van der Waals surface area contributed by atoms with Crippen molar-refractivity contribution >= 4 is 39.2 Å². The Morgan fingerprint density at radius 2 is 1.68 bits per heavy atom. The van der Waals surface area contributed by atoms with Crippen LogP contribution in [0.5, 0.6) is 0 Å². The molecule has 0 aliphatic rings. The molecular weight excluding hydrogens is 368 g/mol. The van der Waals surface area contributed by atoms with Gasteiger partial charge in [-0.1, -0.05) is 66.4 Å². The first-order valence-electron chi connectivity index (χ1n) is 9.12. The van der Waals surface area contributed by atoms with E-state index >= 15 is 0 Å². The summed E-state index contributed by atoms with van der Waals surface area (Å²) in [7, 11) is 1.74. The fraction of sp³-hybridized carbons (Fsp3) is 0.136. The zero-order chi connectivity index (χ0) is 19.3. The summed E-state index contributed by atoms with van der Waals surface area (Å²) in [6.45, 7) is 2.17. The maximum absolute atomic E-state index is 12.6. The normalized spacial score (nSPS) is 12.8. The van der Waals surface area contributed by atoms with Crippen molar-refractivity contribution in [1.29, 1.82) is 0 Å². The van der Waals surface area contributed by atoms with E-state index in [1.807, 2.05) is 28.7 Å². The zero-order valence-corrected chi connectivity index (χ0v) is 16.4. The molecule has 28 heavy (non-hydrogen) atoms. The van der Waals surface area contributed by atoms with Gasteiger partial charge in [-0.25, -0.2) is 0 Å². The molecule has 0 spiro atoms. The summed E-state index contributed by atoms with van der Waals surface area (Å²) in [4.78, 5) is 12.6. The predicted octanol–water partition coefficient (Wildman–Crippen LogP) is 4.59. The molecule has 5 aromatic rings. The van der Waals surface area contributed by atoms with Gasteiger partial charge >= 0.3 is 0 Å². The van der Waals surface area contributed by atoms with Crippen LogP contribution in [-0.2, 0) is 7.05 Å². The van der Waals surface area contributed by atoms with Crippen molar-refractivity contribution in [3.63, 3.8) is 0 Å². The fourth-order valence-electron chi connectivity index (χ4n) is 3.57. The van der Waals surface area contributed by atoms with Crippen molar-refractivity contribution < 1.29 is 0 Å². The molecule has 0 saturated heterocycles. The number of para-hydroxylation sites is 1. The van der Waals surface area contributed by atoms with Crippen LogP contribution in [0.2, 0.25) is 0 Å². The quantitative estimate of drug-likeness (QED) is 0.426. The summed E-state index contributed by atoms with van der Waals surface area (Å²) in [5, 5.41) is 12.8. The van der Waals surface area contributed by atoms with Gasteiger partial charge in [-0.15, -0.1) is 10.2 Å². The standard InChI is InChI=1S/C22H18N4OS/c1-14(16-12-11-15-7-3-4-8-17(15)13-16)28-22-24-23-21-25(2)20(27)18-9-5-6-10-19(18)26(21)22/h3-14H,1-2H3. The zero-order valence-electron chi connectivity index (χ0n) is 15.5. The number of thioether (sulfide) groups is 1. The highest BCUT2D eigenvalue weighted by Gasteiger charge is 2.18. The second-order valence-corrected chi connectivity index (χ2v) is 8.17. The second-order valence-electron chi connectivity index (χ2n) is 6.87. The first-order chi connectivity index (χ1) is 13.6. The van der Waals surface area contributed by atoms with Gasteiger partial charge in [-0.05, 0) is 35.4 Å². The Hall–Kier alpha value is -3.12. The van der Waals surface area contributed by atoms with Gasteiger partial charge in [0, 0.05) is 12.3 Å². The molecule has 0 N–H and O–H groups in total. The van der Waals surface area contributed by atoms with Crippen LogP contribution in [0.15, 0.2) is 76.7 Å². The van der Waals surface area contributed by atoms with E-state index in [4.69, 9.17) is 0 Å². The Bertz CT molecular complexity index is 1400. The highest BCUT2D eigenvalue weighted by Crippen LogP contribution is 2.35. The summed E-state index contributed by atoms with van der Waals surface area (Å²) >= 11 is 1.64. The van der Waals surface area contributed by atoms with E-state index in [1.165, 1.54) is 16.3 Å². The van der Waals surface area contributed by atoms with Crippen LogP contribution in [0.1, 0.15) is 17.7 Å². The Morgan fingerprint density at radius 3 is 2.54 bits per heavy atom. The minimum atomic E-state index is -0.0605. The summed E-state index contributed by atoms with van der Waals surface area (Å²) < 4.78 is 3.53. The molecule has 6 heteroatoms. The van der Waals surface area contributed by atoms with Crippen LogP contribution in [-0.4, -0.2) is 19.2 Å².